The lowest BCUT2D eigenvalue weighted by Gasteiger charge is -1.95. The average Bonchev–Trinajstić information content (AvgIpc) is 2.20. The van der Waals surface area contributed by atoms with Gasteiger partial charge < -0.3 is 5.11 Å². The number of aliphatic hydroxyl groups excluding tert-OH is 1. The Morgan fingerprint density at radius 2 is 1.93 bits per heavy atom. The van der Waals surface area contributed by atoms with Crippen LogP contribution in [0.25, 0.3) is 0 Å². The van der Waals surface area contributed by atoms with Crippen LogP contribution in [0.5, 0.6) is 0 Å². The van der Waals surface area contributed by atoms with E-state index in [-0.39, 0.29) is 11.9 Å². The van der Waals surface area contributed by atoms with E-state index < -0.39 is 0 Å². The quantitative estimate of drug-likeness (QED) is 0.614. The second kappa shape index (κ2) is 8.50. The van der Waals surface area contributed by atoms with Gasteiger partial charge in [-0.2, -0.15) is 12.6 Å². The molecule has 1 unspecified atom stereocenters. The molecule has 15 heavy (non-hydrogen) atoms. The lowest BCUT2D eigenvalue weighted by molar-refractivity contribution is 0.101. The summed E-state index contributed by atoms with van der Waals surface area (Å²) in [5.41, 5.74) is 0.775. The number of carbonyl (C=O) groups excluding carboxylic acids is 1. The number of thiol groups is 1. The van der Waals surface area contributed by atoms with Crippen LogP contribution in [-0.4, -0.2) is 22.7 Å². The highest BCUT2D eigenvalue weighted by Crippen LogP contribution is 1.97. The van der Waals surface area contributed by atoms with Gasteiger partial charge in [-0.1, -0.05) is 30.3 Å². The molecule has 0 bridgehead atoms. The minimum Gasteiger partial charge on any atom is -0.393 e. The van der Waals surface area contributed by atoms with Gasteiger partial charge in [-0.25, -0.2) is 0 Å². The number of hydrogen-bond donors (Lipinski definition) is 2. The molecule has 1 aromatic rings. The summed E-state index contributed by atoms with van der Waals surface area (Å²) in [6.07, 6.45) is 0.617. The normalized spacial score (nSPS) is 11.2. The van der Waals surface area contributed by atoms with Gasteiger partial charge in [0.1, 0.15) is 0 Å². The van der Waals surface area contributed by atoms with E-state index in [2.05, 4.69) is 12.6 Å². The second-order valence-corrected chi connectivity index (χ2v) is 3.73. The molecule has 0 fully saturated rings. The molecule has 1 N–H and O–H groups in total. The van der Waals surface area contributed by atoms with Crippen molar-refractivity contribution in [1.82, 2.24) is 0 Å². The third-order valence-corrected chi connectivity index (χ3v) is 1.99. The molecule has 0 saturated heterocycles. The van der Waals surface area contributed by atoms with Crippen LogP contribution in [0.2, 0.25) is 0 Å². The molecule has 84 valence electrons. The van der Waals surface area contributed by atoms with Crippen molar-refractivity contribution in [1.29, 1.82) is 0 Å². The zero-order valence-electron chi connectivity index (χ0n) is 9.18. The lowest BCUT2D eigenvalue weighted by Crippen LogP contribution is -1.98. The van der Waals surface area contributed by atoms with Crippen molar-refractivity contribution in [3.8, 4) is 0 Å². The second-order valence-electron chi connectivity index (χ2n) is 3.28. The highest BCUT2D eigenvalue weighted by Gasteiger charge is 1.92. The van der Waals surface area contributed by atoms with E-state index >= 15 is 0 Å². The first kappa shape index (κ1) is 14.2. The van der Waals surface area contributed by atoms with E-state index in [0.29, 0.717) is 0 Å². The molecule has 1 rings (SSSR count). The first-order chi connectivity index (χ1) is 7.07. The number of carbonyl (C=O) groups is 1. The Bertz CT molecular complexity index is 270. The Labute approximate surface area is 96.7 Å². The SMILES string of the molecule is CC(=O)c1ccccc1.CC(O)CCS. The van der Waals surface area contributed by atoms with Gasteiger partial charge in [0.2, 0.25) is 0 Å². The Kier molecular flexibility index (Phi) is 8.05. The summed E-state index contributed by atoms with van der Waals surface area (Å²) in [4.78, 5) is 10.6. The van der Waals surface area contributed by atoms with Crippen molar-refractivity contribution >= 4 is 18.4 Å². The van der Waals surface area contributed by atoms with Crippen LogP contribution >= 0.6 is 12.6 Å². The number of rotatable bonds is 3. The van der Waals surface area contributed by atoms with Gasteiger partial charge in [0.05, 0.1) is 6.10 Å². The Morgan fingerprint density at radius 1 is 1.40 bits per heavy atom. The minimum absolute atomic E-state index is 0.121. The smallest absolute Gasteiger partial charge is 0.159 e. The van der Waals surface area contributed by atoms with E-state index in [0.717, 1.165) is 17.7 Å². The maximum Gasteiger partial charge on any atom is 0.159 e. The van der Waals surface area contributed by atoms with Gasteiger partial charge in [0.25, 0.3) is 0 Å². The highest BCUT2D eigenvalue weighted by atomic mass is 32.1. The summed E-state index contributed by atoms with van der Waals surface area (Å²) in [5, 5.41) is 8.50. The van der Waals surface area contributed by atoms with Crippen LogP contribution in [-0.2, 0) is 0 Å². The molecule has 0 aromatic heterocycles. The van der Waals surface area contributed by atoms with Gasteiger partial charge in [-0.05, 0) is 26.0 Å². The summed E-state index contributed by atoms with van der Waals surface area (Å²) in [6.45, 7) is 3.32. The fraction of sp³-hybridized carbons (Fsp3) is 0.417. The molecular formula is C12H18O2S. The zero-order valence-corrected chi connectivity index (χ0v) is 10.1. The lowest BCUT2D eigenvalue weighted by atomic mass is 10.2. The average molecular weight is 226 g/mol. The third kappa shape index (κ3) is 8.21. The monoisotopic (exact) mass is 226 g/mol. The maximum absolute atomic E-state index is 10.6. The van der Waals surface area contributed by atoms with Crippen molar-refractivity contribution in [2.75, 3.05) is 5.75 Å². The van der Waals surface area contributed by atoms with Crippen LogP contribution in [0.4, 0.5) is 0 Å². The molecule has 0 saturated carbocycles. The molecule has 0 aliphatic rings. The number of hydrogen-bond acceptors (Lipinski definition) is 3. The maximum atomic E-state index is 10.6. The number of ketones is 1. The molecule has 0 heterocycles. The van der Waals surface area contributed by atoms with Gasteiger partial charge in [0.15, 0.2) is 5.78 Å². The highest BCUT2D eigenvalue weighted by molar-refractivity contribution is 7.80. The summed E-state index contributed by atoms with van der Waals surface area (Å²) >= 11 is 3.90. The predicted molar refractivity (Wildman–Crippen MR) is 66.6 cm³/mol. The number of aliphatic hydroxyl groups is 1. The molecule has 3 heteroatoms. The van der Waals surface area contributed by atoms with Crippen LogP contribution < -0.4 is 0 Å². The molecule has 1 aromatic carbocycles. The van der Waals surface area contributed by atoms with Gasteiger partial charge >= 0.3 is 0 Å². The Morgan fingerprint density at radius 3 is 2.13 bits per heavy atom. The van der Waals surface area contributed by atoms with Crippen LogP contribution in [0.15, 0.2) is 30.3 Å². The fourth-order valence-electron chi connectivity index (χ4n) is 0.860. The van der Waals surface area contributed by atoms with Crippen LogP contribution in [0.1, 0.15) is 30.6 Å². The van der Waals surface area contributed by atoms with E-state index in [1.54, 1.807) is 13.8 Å². The molecule has 0 amide bonds. The molecule has 2 nitrogen and oxygen atoms in total. The van der Waals surface area contributed by atoms with Crippen molar-refractivity contribution in [2.45, 2.75) is 26.4 Å². The van der Waals surface area contributed by atoms with E-state index in [4.69, 9.17) is 5.11 Å². The standard InChI is InChI=1S/C8H8O.C4H10OS/c1-7(9)8-5-3-2-4-6-8;1-4(5)2-3-6/h2-6H,1H3;4-6H,2-3H2,1H3. The molecular weight excluding hydrogens is 208 g/mol. The summed E-state index contributed by atoms with van der Waals surface area (Å²) in [7, 11) is 0. The first-order valence-electron chi connectivity index (χ1n) is 4.92. The summed E-state index contributed by atoms with van der Waals surface area (Å²) < 4.78 is 0. The van der Waals surface area contributed by atoms with Crippen molar-refractivity contribution in [2.24, 2.45) is 0 Å². The summed E-state index contributed by atoms with van der Waals surface area (Å²) in [5.74, 6) is 0.896. The van der Waals surface area contributed by atoms with Gasteiger partial charge in [0, 0.05) is 5.56 Å². The molecule has 0 spiro atoms. The summed E-state index contributed by atoms with van der Waals surface area (Å²) in [6, 6.07) is 9.23. The Hall–Kier alpha value is -0.800. The number of benzene rings is 1. The minimum atomic E-state index is -0.178. The first-order valence-corrected chi connectivity index (χ1v) is 5.56. The Balaban J connectivity index is 0.000000288. The topological polar surface area (TPSA) is 37.3 Å². The van der Waals surface area contributed by atoms with Crippen molar-refractivity contribution < 1.29 is 9.90 Å². The predicted octanol–water partition coefficient (Wildman–Crippen LogP) is 2.58. The number of Topliss-reactive ketones (excluding diaryl/α,β-unsaturated/α-hetero) is 1. The molecule has 1 atom stereocenters. The van der Waals surface area contributed by atoms with Gasteiger partial charge in [-0.15, -0.1) is 0 Å². The zero-order chi connectivity index (χ0) is 11.7. The van der Waals surface area contributed by atoms with E-state index in [1.165, 1.54) is 0 Å². The fourth-order valence-corrected chi connectivity index (χ4v) is 1.23. The molecule has 0 aliphatic heterocycles. The molecule has 0 aliphatic carbocycles. The molecule has 0 radical (unpaired) electrons. The van der Waals surface area contributed by atoms with Crippen LogP contribution in [0, 0.1) is 0 Å². The van der Waals surface area contributed by atoms with Crippen LogP contribution in [0.3, 0.4) is 0 Å². The van der Waals surface area contributed by atoms with Gasteiger partial charge in [-0.3, -0.25) is 4.79 Å². The van der Waals surface area contributed by atoms with Crippen molar-refractivity contribution in [3.05, 3.63) is 35.9 Å². The van der Waals surface area contributed by atoms with E-state index in [1.807, 2.05) is 30.3 Å². The van der Waals surface area contributed by atoms with Crippen molar-refractivity contribution in [3.63, 3.8) is 0 Å². The third-order valence-electron chi connectivity index (χ3n) is 1.73. The largest absolute Gasteiger partial charge is 0.393 e. The van der Waals surface area contributed by atoms with E-state index in [9.17, 15) is 4.79 Å².